The molecular formula is C95H181F7O8. The van der Waals surface area contributed by atoms with Crippen molar-refractivity contribution in [3.05, 3.63) is 0 Å². The van der Waals surface area contributed by atoms with Crippen LogP contribution in [0.2, 0.25) is 0 Å². The summed E-state index contributed by atoms with van der Waals surface area (Å²) in [5, 5.41) is 75.9. The lowest BCUT2D eigenvalue weighted by Gasteiger charge is -2.39. The van der Waals surface area contributed by atoms with Gasteiger partial charge in [-0.25, -0.2) is 30.7 Å². The van der Waals surface area contributed by atoms with E-state index < -0.39 is 34.6 Å². The Balaban J connectivity index is 0.000000408. The van der Waals surface area contributed by atoms with Gasteiger partial charge in [-0.3, -0.25) is 0 Å². The maximum atomic E-state index is 13.1. The second-order valence-corrected chi connectivity index (χ2v) is 43.8. The zero-order valence-corrected chi connectivity index (χ0v) is 75.1. The van der Waals surface area contributed by atoms with Crippen molar-refractivity contribution < 1.29 is 71.6 Å². The molecule has 13 saturated carbocycles. The molecule has 13 aliphatic carbocycles. The SMILES string of the molecule is CC1(C)CCC(C)(O)CC1.CC1(C)CCCC(C)(O)C1.CC1(O)CCC(F)(F)CC1.CC1(O)CCC2(CC1)CC2.CC1(O)CCCC(F)(F)C1.CC1(O)CCCCC1.CC1(O)CCCCCC1.CC1CCC(C)(O)CC1.CC1CCC(C)CC1.CC1CCC(F)(F)CC1.CC1CCCC(C)(F)C1.CC1CCCCCC1. The first kappa shape index (κ1) is 105. The van der Waals surface area contributed by atoms with Gasteiger partial charge in [0.2, 0.25) is 11.8 Å². The lowest BCUT2D eigenvalue weighted by molar-refractivity contribution is -0.116. The van der Waals surface area contributed by atoms with Crippen LogP contribution in [0.4, 0.5) is 30.7 Å². The van der Waals surface area contributed by atoms with Crippen LogP contribution in [0.5, 0.6) is 0 Å². The second-order valence-electron chi connectivity index (χ2n) is 43.8. The third-order valence-electron chi connectivity index (χ3n) is 27.5. The monoisotopic (exact) mass is 1580 g/mol. The average Bonchev–Trinajstić information content (AvgIpc) is 1.64. The molecular weight excluding hydrogens is 1400 g/mol. The first-order valence-electron chi connectivity index (χ1n) is 45.8. The predicted molar refractivity (Wildman–Crippen MR) is 448 cm³/mol. The van der Waals surface area contributed by atoms with Crippen LogP contribution in [-0.2, 0) is 0 Å². The summed E-state index contributed by atoms with van der Waals surface area (Å²) in [6, 6.07) is 0. The van der Waals surface area contributed by atoms with E-state index >= 15 is 0 Å². The van der Waals surface area contributed by atoms with Crippen molar-refractivity contribution in [2.45, 2.75) is 553 Å². The van der Waals surface area contributed by atoms with Crippen molar-refractivity contribution in [1.29, 1.82) is 0 Å². The Morgan fingerprint density at radius 1 is 0.191 bits per heavy atom. The highest BCUT2D eigenvalue weighted by Gasteiger charge is 2.48. The van der Waals surface area contributed by atoms with E-state index in [1.165, 1.54) is 187 Å². The van der Waals surface area contributed by atoms with Gasteiger partial charge in [0.05, 0.1) is 44.8 Å². The van der Waals surface area contributed by atoms with Crippen LogP contribution in [0, 0.1) is 51.8 Å². The van der Waals surface area contributed by atoms with Crippen molar-refractivity contribution >= 4 is 0 Å². The number of hydrogen-bond acceptors (Lipinski definition) is 8. The highest BCUT2D eigenvalue weighted by molar-refractivity contribution is 4.99. The Labute approximate surface area is 673 Å². The third kappa shape index (κ3) is 53.6. The molecule has 0 heterocycles. The number of hydrogen-bond donors (Lipinski definition) is 8. The topological polar surface area (TPSA) is 162 Å². The van der Waals surface area contributed by atoms with Gasteiger partial charge in [0, 0.05) is 38.5 Å². The van der Waals surface area contributed by atoms with Crippen LogP contribution in [0.15, 0.2) is 0 Å². The Morgan fingerprint density at radius 2 is 0.473 bits per heavy atom. The molecule has 0 aromatic carbocycles. The summed E-state index contributed by atoms with van der Waals surface area (Å²) in [6.45, 7) is 39.1. The van der Waals surface area contributed by atoms with Crippen molar-refractivity contribution in [2.75, 3.05) is 0 Å². The van der Waals surface area contributed by atoms with Gasteiger partial charge in [-0.05, 0) is 300 Å². The van der Waals surface area contributed by atoms with E-state index in [0.29, 0.717) is 48.3 Å². The van der Waals surface area contributed by atoms with E-state index in [1.807, 2.05) is 48.5 Å². The highest BCUT2D eigenvalue weighted by atomic mass is 19.3. The summed E-state index contributed by atoms with van der Waals surface area (Å²) in [5.41, 5.74) is -3.35. The minimum Gasteiger partial charge on any atom is -0.390 e. The van der Waals surface area contributed by atoms with Gasteiger partial charge in [-0.1, -0.05) is 198 Å². The molecule has 15 heteroatoms. The molecule has 4 atom stereocenters. The first-order chi connectivity index (χ1) is 50.2. The molecule has 658 valence electrons. The van der Waals surface area contributed by atoms with E-state index in [-0.39, 0.29) is 85.0 Å². The quantitative estimate of drug-likeness (QED) is 0.0878. The molecule has 13 aliphatic rings. The summed E-state index contributed by atoms with van der Waals surface area (Å²) < 4.78 is 87.8. The van der Waals surface area contributed by atoms with Gasteiger partial charge in [-0.2, -0.15) is 0 Å². The molecule has 8 nitrogen and oxygen atoms in total. The molecule has 8 N–H and O–H groups in total. The normalized spacial score (nSPS) is 34.4. The van der Waals surface area contributed by atoms with E-state index in [1.54, 1.807) is 13.8 Å². The van der Waals surface area contributed by atoms with Crippen LogP contribution in [-0.4, -0.2) is 109 Å². The van der Waals surface area contributed by atoms with Crippen LogP contribution in [0.3, 0.4) is 0 Å². The fraction of sp³-hybridized carbons (Fsp3) is 1.00. The summed E-state index contributed by atoms with van der Waals surface area (Å²) in [7, 11) is 0. The lowest BCUT2D eigenvalue weighted by Crippen LogP contribution is -2.38. The summed E-state index contributed by atoms with van der Waals surface area (Å²) in [4.78, 5) is 0. The average molecular weight is 1580 g/mol. The molecule has 0 aromatic rings. The summed E-state index contributed by atoms with van der Waals surface area (Å²) in [6.07, 6.45) is 54.3. The Morgan fingerprint density at radius 3 is 0.764 bits per heavy atom. The fourth-order valence-electron chi connectivity index (χ4n) is 18.3. The molecule has 110 heavy (non-hydrogen) atoms. The largest absolute Gasteiger partial charge is 0.390 e. The zero-order chi connectivity index (χ0) is 83.9. The van der Waals surface area contributed by atoms with E-state index in [2.05, 4.69) is 62.3 Å². The van der Waals surface area contributed by atoms with Crippen LogP contribution >= 0.6 is 0 Å². The molecule has 0 aliphatic heterocycles. The molecule has 0 amide bonds. The summed E-state index contributed by atoms with van der Waals surface area (Å²) >= 11 is 0. The van der Waals surface area contributed by atoms with Gasteiger partial charge >= 0.3 is 0 Å². The zero-order valence-electron chi connectivity index (χ0n) is 75.1. The summed E-state index contributed by atoms with van der Waals surface area (Å²) in [5.74, 6) is -2.48. The van der Waals surface area contributed by atoms with Gasteiger partial charge < -0.3 is 40.9 Å². The second kappa shape index (κ2) is 47.3. The van der Waals surface area contributed by atoms with Crippen LogP contribution in [0.1, 0.15) is 485 Å². The number of aliphatic hydroxyl groups is 8. The highest BCUT2D eigenvalue weighted by Crippen LogP contribution is 2.58. The van der Waals surface area contributed by atoms with Gasteiger partial charge in [-0.15, -0.1) is 0 Å². The maximum absolute atomic E-state index is 13.1. The fourth-order valence-corrected chi connectivity index (χ4v) is 18.3. The van der Waals surface area contributed by atoms with Crippen molar-refractivity contribution in [1.82, 2.24) is 0 Å². The van der Waals surface area contributed by atoms with Crippen molar-refractivity contribution in [3.63, 3.8) is 0 Å². The molecule has 4 unspecified atom stereocenters. The van der Waals surface area contributed by atoms with Crippen LogP contribution in [0.25, 0.3) is 0 Å². The molecule has 0 radical (unpaired) electrons. The lowest BCUT2D eigenvalue weighted by atomic mass is 9.71. The number of rotatable bonds is 0. The standard InChI is InChI=1S/C9H16O.2C9H18O.C8H15F.2C8H16O.2C8H16.2C7H12F2O.C7H12F2.C7H14O/c1-8(10)2-4-9(5-3-8)6-7-9;1-8(2)4-6-9(3,10)7-5-8;1-8(2)5-4-6-9(3,10)7-8;1-7-4-3-5-8(2,9)6-7;1-7-3-5-8(2,9)6-4-7;1-8(9)6-4-2-3-5-7-8;1-7-3-5-8(2)6-4-7;1-8-6-4-2-3-5-7-8;1-6(10)2-4-7(8,9)5-3-6;1-6(10)3-2-4-7(8,9)5-6;1-6-2-4-7(8,9)5-3-6;1-7(8)5-3-2-4-6-7/h10H,2-7H2,1H3;2*10H,4-7H2,1-3H3;7H,3-6H2,1-2H3;7,9H,3-6H2,1-2H3;9H,2-7H2,1H3;7-8H,3-6H2,1-2H3;8H,2-7H2,1H3;2*10H,2-5H2,1H3;6H,2-5H2,1H3;8H,2-6H2,1H3. The molecule has 0 aromatic heterocycles. The Bertz CT molecular complexity index is 2120. The van der Waals surface area contributed by atoms with E-state index in [0.717, 1.165) is 125 Å². The Hall–Kier alpha value is -0.810. The van der Waals surface area contributed by atoms with Gasteiger partial charge in [0.15, 0.2) is 0 Å². The number of alkyl halides is 7. The van der Waals surface area contributed by atoms with Crippen LogP contribution < -0.4 is 0 Å². The van der Waals surface area contributed by atoms with Crippen molar-refractivity contribution in [2.24, 2.45) is 51.8 Å². The predicted octanol–water partition coefficient (Wildman–Crippen LogP) is 28.0. The molecule has 13 fully saturated rings. The van der Waals surface area contributed by atoms with E-state index in [4.69, 9.17) is 0 Å². The maximum Gasteiger partial charge on any atom is 0.250 e. The van der Waals surface area contributed by atoms with E-state index in [9.17, 15) is 71.6 Å². The van der Waals surface area contributed by atoms with Crippen molar-refractivity contribution in [3.8, 4) is 0 Å². The Kier molecular flexibility index (Phi) is 45.2. The first-order valence-corrected chi connectivity index (χ1v) is 45.8. The molecule has 0 bridgehead atoms. The number of halogens is 7. The molecule has 13 rings (SSSR count). The van der Waals surface area contributed by atoms with Gasteiger partial charge in [0.1, 0.15) is 5.67 Å². The van der Waals surface area contributed by atoms with Gasteiger partial charge in [0.25, 0.3) is 5.92 Å². The minimum absolute atomic E-state index is 0.0663. The molecule has 0 saturated heterocycles. The smallest absolute Gasteiger partial charge is 0.250 e. The molecule has 1 spiro atoms. The minimum atomic E-state index is -2.64. The third-order valence-corrected chi connectivity index (χ3v) is 27.5.